The van der Waals surface area contributed by atoms with Crippen molar-refractivity contribution in [1.29, 1.82) is 0 Å². The van der Waals surface area contributed by atoms with E-state index in [2.05, 4.69) is 0 Å². The van der Waals surface area contributed by atoms with Crippen LogP contribution in [0.25, 0.3) is 22.3 Å². The number of nitrogens with one attached hydrogen (secondary N) is 1. The zero-order valence-electron chi connectivity index (χ0n) is 11.8. The summed E-state index contributed by atoms with van der Waals surface area (Å²) in [6, 6.07) is 11.4. The van der Waals surface area contributed by atoms with Crippen molar-refractivity contribution in [3.63, 3.8) is 0 Å². The fourth-order valence-electron chi connectivity index (χ4n) is 2.34. The number of nitrogens with two attached hydrogens (primary N) is 1. The van der Waals surface area contributed by atoms with E-state index in [1.54, 1.807) is 12.1 Å². The predicted molar refractivity (Wildman–Crippen MR) is 81.1 cm³/mol. The SMILES string of the molecule is NNC(=O)c1occ(-c2ccc(F)cc2)c1-c1ccc(F)cc1. The second-order valence-corrected chi connectivity index (χ2v) is 4.84. The van der Waals surface area contributed by atoms with E-state index < -0.39 is 11.7 Å². The van der Waals surface area contributed by atoms with E-state index in [4.69, 9.17) is 10.3 Å². The quantitative estimate of drug-likeness (QED) is 0.442. The number of furan rings is 1. The topological polar surface area (TPSA) is 68.3 Å². The molecular weight excluding hydrogens is 302 g/mol. The molecule has 0 atom stereocenters. The first-order chi connectivity index (χ1) is 11.1. The van der Waals surface area contributed by atoms with Crippen molar-refractivity contribution >= 4 is 5.91 Å². The number of nitrogen functional groups attached to an aromatic ring is 1. The van der Waals surface area contributed by atoms with Crippen LogP contribution in [-0.4, -0.2) is 5.91 Å². The number of carbonyl (C=O) groups is 1. The van der Waals surface area contributed by atoms with Gasteiger partial charge in [-0.25, -0.2) is 14.6 Å². The summed E-state index contributed by atoms with van der Waals surface area (Å²) in [6.45, 7) is 0. The van der Waals surface area contributed by atoms with Gasteiger partial charge in [-0.3, -0.25) is 10.2 Å². The van der Waals surface area contributed by atoms with Crippen LogP contribution < -0.4 is 11.3 Å². The van der Waals surface area contributed by atoms with Gasteiger partial charge in [0.15, 0.2) is 0 Å². The Morgan fingerprint density at radius 2 is 1.43 bits per heavy atom. The van der Waals surface area contributed by atoms with Crippen LogP contribution in [0.4, 0.5) is 8.78 Å². The predicted octanol–water partition coefficient (Wildman–Crippen LogP) is 3.50. The molecule has 3 aromatic rings. The molecular formula is C17H12F2N2O2. The van der Waals surface area contributed by atoms with Crippen LogP contribution in [0.5, 0.6) is 0 Å². The van der Waals surface area contributed by atoms with Crippen LogP contribution in [0, 0.1) is 11.6 Å². The molecule has 0 saturated carbocycles. The number of rotatable bonds is 3. The Morgan fingerprint density at radius 1 is 0.913 bits per heavy atom. The minimum atomic E-state index is -0.613. The van der Waals surface area contributed by atoms with Crippen molar-refractivity contribution < 1.29 is 18.0 Å². The van der Waals surface area contributed by atoms with E-state index in [9.17, 15) is 13.6 Å². The van der Waals surface area contributed by atoms with Crippen LogP contribution in [0.2, 0.25) is 0 Å². The molecule has 116 valence electrons. The van der Waals surface area contributed by atoms with Gasteiger partial charge in [0.25, 0.3) is 0 Å². The molecule has 3 rings (SSSR count). The first kappa shape index (κ1) is 14.9. The molecule has 2 aromatic carbocycles. The Labute approximate surface area is 130 Å². The zero-order chi connectivity index (χ0) is 16.4. The van der Waals surface area contributed by atoms with Crippen molar-refractivity contribution in [1.82, 2.24) is 5.43 Å². The summed E-state index contributed by atoms with van der Waals surface area (Å²) in [5.41, 5.74) is 4.29. The standard InChI is InChI=1S/C17H12F2N2O2/c18-12-5-1-10(2-6-12)14-9-23-16(17(22)21-20)15(14)11-3-7-13(19)8-4-11/h1-9H,20H2,(H,21,22). The molecule has 3 N–H and O–H groups in total. The number of hydrazine groups is 1. The highest BCUT2D eigenvalue weighted by molar-refractivity contribution is 6.02. The van der Waals surface area contributed by atoms with E-state index in [1.807, 2.05) is 5.43 Å². The molecule has 0 aliphatic carbocycles. The number of carbonyl (C=O) groups excluding carboxylic acids is 1. The van der Waals surface area contributed by atoms with E-state index >= 15 is 0 Å². The zero-order valence-corrected chi connectivity index (χ0v) is 11.8. The summed E-state index contributed by atoms with van der Waals surface area (Å²) in [5, 5.41) is 0. The van der Waals surface area contributed by atoms with Gasteiger partial charge in [-0.15, -0.1) is 0 Å². The maximum Gasteiger partial charge on any atom is 0.301 e. The van der Waals surface area contributed by atoms with Gasteiger partial charge in [-0.1, -0.05) is 24.3 Å². The van der Waals surface area contributed by atoms with Crippen LogP contribution >= 0.6 is 0 Å². The van der Waals surface area contributed by atoms with Gasteiger partial charge in [0.1, 0.15) is 11.6 Å². The minimum absolute atomic E-state index is 0.00145. The van der Waals surface area contributed by atoms with Crippen LogP contribution in [-0.2, 0) is 0 Å². The normalized spacial score (nSPS) is 10.6. The van der Waals surface area contributed by atoms with Crippen molar-refractivity contribution in [2.24, 2.45) is 5.84 Å². The van der Waals surface area contributed by atoms with Gasteiger partial charge >= 0.3 is 5.91 Å². The maximum absolute atomic E-state index is 13.2. The third-order valence-corrected chi connectivity index (χ3v) is 3.42. The third-order valence-electron chi connectivity index (χ3n) is 3.42. The van der Waals surface area contributed by atoms with E-state index in [-0.39, 0.29) is 11.6 Å². The molecule has 1 aromatic heterocycles. The lowest BCUT2D eigenvalue weighted by Crippen LogP contribution is -2.30. The van der Waals surface area contributed by atoms with Gasteiger partial charge in [-0.05, 0) is 35.4 Å². The molecule has 0 unspecified atom stereocenters. The summed E-state index contributed by atoms with van der Waals surface area (Å²) in [7, 11) is 0. The van der Waals surface area contributed by atoms with Gasteiger partial charge in [0.05, 0.1) is 6.26 Å². The minimum Gasteiger partial charge on any atom is -0.458 e. The first-order valence-electron chi connectivity index (χ1n) is 6.74. The monoisotopic (exact) mass is 314 g/mol. The molecule has 0 saturated heterocycles. The van der Waals surface area contributed by atoms with Crippen molar-refractivity contribution in [2.75, 3.05) is 0 Å². The Balaban J connectivity index is 2.20. The lowest BCUT2D eigenvalue weighted by atomic mass is 9.96. The Hall–Kier alpha value is -2.99. The average Bonchev–Trinajstić information content (AvgIpc) is 3.00. The number of hydrogen-bond donors (Lipinski definition) is 2. The smallest absolute Gasteiger partial charge is 0.301 e. The molecule has 0 aliphatic heterocycles. The highest BCUT2D eigenvalue weighted by Gasteiger charge is 2.22. The highest BCUT2D eigenvalue weighted by Crippen LogP contribution is 2.36. The summed E-state index contributed by atoms with van der Waals surface area (Å²) >= 11 is 0. The molecule has 0 bridgehead atoms. The first-order valence-corrected chi connectivity index (χ1v) is 6.74. The number of halogens is 2. The van der Waals surface area contributed by atoms with Gasteiger partial charge < -0.3 is 4.42 Å². The Kier molecular flexibility index (Phi) is 3.91. The second kappa shape index (κ2) is 6.02. The fraction of sp³-hybridized carbons (Fsp3) is 0. The molecule has 1 amide bonds. The van der Waals surface area contributed by atoms with Crippen LogP contribution in [0.15, 0.2) is 59.2 Å². The Morgan fingerprint density at radius 3 is 1.96 bits per heavy atom. The van der Waals surface area contributed by atoms with Crippen molar-refractivity contribution in [3.05, 3.63) is 72.2 Å². The van der Waals surface area contributed by atoms with E-state index in [0.29, 0.717) is 22.3 Å². The largest absolute Gasteiger partial charge is 0.458 e. The molecule has 23 heavy (non-hydrogen) atoms. The number of benzene rings is 2. The summed E-state index contributed by atoms with van der Waals surface area (Å²) in [5.74, 6) is 3.79. The van der Waals surface area contributed by atoms with Gasteiger partial charge in [0.2, 0.25) is 5.76 Å². The van der Waals surface area contributed by atoms with Crippen LogP contribution in [0.3, 0.4) is 0 Å². The molecule has 6 heteroatoms. The van der Waals surface area contributed by atoms with Gasteiger partial charge in [0, 0.05) is 11.1 Å². The number of hydrogen-bond acceptors (Lipinski definition) is 3. The summed E-state index contributed by atoms with van der Waals surface area (Å²) < 4.78 is 31.6. The third kappa shape index (κ3) is 2.84. The second-order valence-electron chi connectivity index (χ2n) is 4.84. The molecule has 0 aliphatic rings. The van der Waals surface area contributed by atoms with Crippen molar-refractivity contribution in [3.8, 4) is 22.3 Å². The van der Waals surface area contributed by atoms with Gasteiger partial charge in [-0.2, -0.15) is 0 Å². The van der Waals surface area contributed by atoms with E-state index in [0.717, 1.165) is 0 Å². The molecule has 0 fully saturated rings. The molecule has 1 heterocycles. The maximum atomic E-state index is 13.2. The number of amides is 1. The lowest BCUT2D eigenvalue weighted by Gasteiger charge is -2.06. The summed E-state index contributed by atoms with van der Waals surface area (Å²) in [4.78, 5) is 11.9. The van der Waals surface area contributed by atoms with Crippen LogP contribution in [0.1, 0.15) is 10.6 Å². The molecule has 4 nitrogen and oxygen atoms in total. The van der Waals surface area contributed by atoms with E-state index in [1.165, 1.54) is 42.7 Å². The van der Waals surface area contributed by atoms with Crippen molar-refractivity contribution in [2.45, 2.75) is 0 Å². The lowest BCUT2D eigenvalue weighted by molar-refractivity contribution is 0.0927. The highest BCUT2D eigenvalue weighted by atomic mass is 19.1. The molecule has 0 spiro atoms. The average molecular weight is 314 g/mol. The molecule has 0 radical (unpaired) electrons. The summed E-state index contributed by atoms with van der Waals surface area (Å²) in [6.07, 6.45) is 1.39. The Bertz CT molecular complexity index is 840. The fourth-order valence-corrected chi connectivity index (χ4v) is 2.34.